The van der Waals surface area contributed by atoms with Crippen LogP contribution in [0.15, 0.2) is 41.1 Å². The lowest BCUT2D eigenvalue weighted by molar-refractivity contribution is 0.0969. The molecule has 3 aromatic heterocycles. The number of amides is 1. The molecule has 7 nitrogen and oxygen atoms in total. The van der Waals surface area contributed by atoms with E-state index in [1.807, 2.05) is 17.7 Å². The number of carbonyl (C=O) groups excluding carboxylic acids is 2. The van der Waals surface area contributed by atoms with Crippen LogP contribution in [-0.2, 0) is 13.5 Å². The average molecular weight is 336 g/mol. The summed E-state index contributed by atoms with van der Waals surface area (Å²) in [7, 11) is 1.93. The third-order valence-corrected chi connectivity index (χ3v) is 4.36. The second-order valence-electron chi connectivity index (χ2n) is 5.92. The van der Waals surface area contributed by atoms with Gasteiger partial charge >= 0.3 is 0 Å². The Bertz CT molecular complexity index is 957. The topological polar surface area (TPSA) is 90.0 Å². The molecule has 1 N–H and O–H groups in total. The van der Waals surface area contributed by atoms with Crippen molar-refractivity contribution in [3.63, 3.8) is 0 Å². The Morgan fingerprint density at radius 1 is 1.32 bits per heavy atom. The third kappa shape index (κ3) is 2.73. The molecule has 3 aromatic rings. The van der Waals surface area contributed by atoms with E-state index in [1.165, 1.54) is 6.26 Å². The lowest BCUT2D eigenvalue weighted by Crippen LogP contribution is -2.13. The van der Waals surface area contributed by atoms with Crippen molar-refractivity contribution < 1.29 is 14.0 Å². The van der Waals surface area contributed by atoms with Gasteiger partial charge in [0.15, 0.2) is 11.5 Å². The van der Waals surface area contributed by atoms with Crippen molar-refractivity contribution in [1.29, 1.82) is 0 Å². The molecule has 0 aromatic carbocycles. The minimum Gasteiger partial charge on any atom is -0.459 e. The molecular formula is C18H16N4O3. The second kappa shape index (κ2) is 6.01. The van der Waals surface area contributed by atoms with E-state index < -0.39 is 5.91 Å². The van der Waals surface area contributed by atoms with Crippen LogP contribution in [0, 0.1) is 0 Å². The summed E-state index contributed by atoms with van der Waals surface area (Å²) >= 11 is 0. The smallest absolute Gasteiger partial charge is 0.293 e. The zero-order valence-corrected chi connectivity index (χ0v) is 13.7. The van der Waals surface area contributed by atoms with E-state index in [2.05, 4.69) is 15.3 Å². The van der Waals surface area contributed by atoms with Crippen molar-refractivity contribution in [2.75, 3.05) is 5.32 Å². The molecule has 1 amide bonds. The van der Waals surface area contributed by atoms with Gasteiger partial charge in [-0.15, -0.1) is 0 Å². The Morgan fingerprint density at radius 3 is 2.96 bits per heavy atom. The highest BCUT2D eigenvalue weighted by Gasteiger charge is 2.23. The number of anilines is 1. The maximum absolute atomic E-state index is 12.1. The van der Waals surface area contributed by atoms with Crippen molar-refractivity contribution in [1.82, 2.24) is 14.5 Å². The summed E-state index contributed by atoms with van der Waals surface area (Å²) in [6.07, 6.45) is 5.35. The normalized spacial score (nSPS) is 13.6. The number of nitrogens with zero attached hydrogens (tertiary/aromatic N) is 3. The number of fused-ring (bicyclic) bond motifs is 1. The minimum atomic E-state index is -0.413. The predicted octanol–water partition coefficient (Wildman–Crippen LogP) is 2.85. The lowest BCUT2D eigenvalue weighted by Gasteiger charge is -2.12. The summed E-state index contributed by atoms with van der Waals surface area (Å²) < 4.78 is 7.05. The molecule has 0 aliphatic heterocycles. The molecule has 7 heteroatoms. The minimum absolute atomic E-state index is 0.170. The van der Waals surface area contributed by atoms with Crippen molar-refractivity contribution in [2.45, 2.75) is 19.3 Å². The van der Waals surface area contributed by atoms with E-state index in [1.54, 1.807) is 24.4 Å². The van der Waals surface area contributed by atoms with Gasteiger partial charge in [-0.05, 0) is 37.1 Å². The fourth-order valence-corrected chi connectivity index (χ4v) is 3.12. The average Bonchev–Trinajstić information content (AvgIpc) is 3.25. The third-order valence-electron chi connectivity index (χ3n) is 4.36. The van der Waals surface area contributed by atoms with Crippen LogP contribution in [0.3, 0.4) is 0 Å². The number of carbonyl (C=O) groups is 2. The van der Waals surface area contributed by atoms with Gasteiger partial charge in [0.05, 0.1) is 17.7 Å². The van der Waals surface area contributed by atoms with E-state index in [9.17, 15) is 9.59 Å². The number of ketones is 1. The van der Waals surface area contributed by atoms with Crippen LogP contribution in [0.1, 0.15) is 39.4 Å². The molecule has 1 aliphatic rings. The molecule has 25 heavy (non-hydrogen) atoms. The standard InChI is InChI=1S/C18H16N4O3/c1-22-13-4-2-5-15(23)11(13)10-14(22)12-7-8-19-18(20-12)21-17(24)16-6-3-9-25-16/h3,6-10H,2,4-5H2,1H3,(H,19,20,21,24). The molecule has 0 saturated heterocycles. The fourth-order valence-electron chi connectivity index (χ4n) is 3.12. The molecule has 0 atom stereocenters. The van der Waals surface area contributed by atoms with E-state index in [-0.39, 0.29) is 17.5 Å². The second-order valence-corrected chi connectivity index (χ2v) is 5.92. The number of hydrogen-bond donors (Lipinski definition) is 1. The summed E-state index contributed by atoms with van der Waals surface area (Å²) in [5.74, 6) is 0.130. The van der Waals surface area contributed by atoms with Crippen molar-refractivity contribution in [3.8, 4) is 11.4 Å². The summed E-state index contributed by atoms with van der Waals surface area (Å²) in [4.78, 5) is 32.7. The van der Waals surface area contributed by atoms with Crippen molar-refractivity contribution in [3.05, 3.63) is 53.7 Å². The monoisotopic (exact) mass is 336 g/mol. The molecule has 0 unspecified atom stereocenters. The molecule has 126 valence electrons. The van der Waals surface area contributed by atoms with Crippen LogP contribution in [0.4, 0.5) is 5.95 Å². The molecule has 0 fully saturated rings. The summed E-state index contributed by atoms with van der Waals surface area (Å²) in [6, 6.07) is 6.83. The SMILES string of the molecule is Cn1c(-c2ccnc(NC(=O)c3ccco3)n2)cc2c1CCCC2=O. The number of Topliss-reactive ketones (excluding diaryl/α,β-unsaturated/α-hetero) is 1. The van der Waals surface area contributed by atoms with Gasteiger partial charge in [-0.2, -0.15) is 0 Å². The molecule has 0 spiro atoms. The highest BCUT2D eigenvalue weighted by molar-refractivity contribution is 6.01. The van der Waals surface area contributed by atoms with E-state index in [4.69, 9.17) is 4.42 Å². The van der Waals surface area contributed by atoms with Crippen LogP contribution >= 0.6 is 0 Å². The van der Waals surface area contributed by atoms with Gasteiger partial charge in [0.1, 0.15) is 0 Å². The number of nitrogens with one attached hydrogen (secondary N) is 1. The van der Waals surface area contributed by atoms with E-state index in [0.29, 0.717) is 12.1 Å². The van der Waals surface area contributed by atoms with Crippen LogP contribution in [0.25, 0.3) is 11.4 Å². The first-order valence-electron chi connectivity index (χ1n) is 8.03. The first-order chi connectivity index (χ1) is 12.1. The first kappa shape index (κ1) is 15.3. The molecule has 1 aliphatic carbocycles. The largest absolute Gasteiger partial charge is 0.459 e. The van der Waals surface area contributed by atoms with Crippen LogP contribution in [-0.4, -0.2) is 26.2 Å². The van der Waals surface area contributed by atoms with E-state index >= 15 is 0 Å². The number of hydrogen-bond acceptors (Lipinski definition) is 5. The highest BCUT2D eigenvalue weighted by atomic mass is 16.3. The predicted molar refractivity (Wildman–Crippen MR) is 90.4 cm³/mol. The van der Waals surface area contributed by atoms with Crippen LogP contribution in [0.2, 0.25) is 0 Å². The summed E-state index contributed by atoms with van der Waals surface area (Å²) in [6.45, 7) is 0. The maximum atomic E-state index is 12.1. The Morgan fingerprint density at radius 2 is 2.20 bits per heavy atom. The number of aromatic nitrogens is 3. The first-order valence-corrected chi connectivity index (χ1v) is 8.03. The molecular weight excluding hydrogens is 320 g/mol. The van der Waals surface area contributed by atoms with Gasteiger partial charge < -0.3 is 8.98 Å². The van der Waals surface area contributed by atoms with E-state index in [0.717, 1.165) is 29.8 Å². The van der Waals surface area contributed by atoms with Gasteiger partial charge in [-0.1, -0.05) is 0 Å². The van der Waals surface area contributed by atoms with Gasteiger partial charge in [-0.3, -0.25) is 14.9 Å². The summed E-state index contributed by atoms with van der Waals surface area (Å²) in [5, 5.41) is 2.61. The highest BCUT2D eigenvalue weighted by Crippen LogP contribution is 2.29. The Kier molecular flexibility index (Phi) is 3.68. The van der Waals surface area contributed by atoms with Gasteiger partial charge in [0.2, 0.25) is 5.95 Å². The molecule has 0 radical (unpaired) electrons. The maximum Gasteiger partial charge on any atom is 0.293 e. The number of rotatable bonds is 3. The summed E-state index contributed by atoms with van der Waals surface area (Å²) in [5.41, 5.74) is 3.28. The van der Waals surface area contributed by atoms with Gasteiger partial charge in [0.25, 0.3) is 5.91 Å². The van der Waals surface area contributed by atoms with Crippen LogP contribution < -0.4 is 5.32 Å². The van der Waals surface area contributed by atoms with Crippen molar-refractivity contribution >= 4 is 17.6 Å². The Labute approximate surface area is 143 Å². The molecule has 0 bridgehead atoms. The zero-order chi connectivity index (χ0) is 17.4. The van der Waals surface area contributed by atoms with Crippen molar-refractivity contribution in [2.24, 2.45) is 7.05 Å². The molecule has 4 rings (SSSR count). The van der Waals surface area contributed by atoms with Gasteiger partial charge in [0, 0.05) is 30.9 Å². The number of furan rings is 1. The Balaban J connectivity index is 1.66. The molecule has 0 saturated carbocycles. The Hall–Kier alpha value is -3.22. The molecule has 3 heterocycles. The zero-order valence-electron chi connectivity index (χ0n) is 13.7. The lowest BCUT2D eigenvalue weighted by atomic mass is 9.97. The fraction of sp³-hybridized carbons (Fsp3) is 0.222. The quantitative estimate of drug-likeness (QED) is 0.794. The van der Waals surface area contributed by atoms with Crippen LogP contribution in [0.5, 0.6) is 0 Å². The van der Waals surface area contributed by atoms with Gasteiger partial charge in [-0.25, -0.2) is 9.97 Å².